The second-order valence-electron chi connectivity index (χ2n) is 7.95. The zero-order valence-electron chi connectivity index (χ0n) is 18.9. The highest BCUT2D eigenvalue weighted by atomic mass is 79.9. The van der Waals surface area contributed by atoms with E-state index in [1.807, 2.05) is 18.2 Å². The topological polar surface area (TPSA) is 43.0 Å². The second kappa shape index (κ2) is 11.1. The molecule has 0 bridgehead atoms. The number of rotatable bonds is 8. The maximum absolute atomic E-state index is 6.61. The first-order valence-electron chi connectivity index (χ1n) is 10.9. The molecule has 0 radical (unpaired) electrons. The van der Waals surface area contributed by atoms with Crippen molar-refractivity contribution in [1.29, 1.82) is 0 Å². The first-order chi connectivity index (χ1) is 16.0. The van der Waals surface area contributed by atoms with Crippen molar-refractivity contribution < 1.29 is 14.2 Å². The first-order valence-corrected chi connectivity index (χ1v) is 12.1. The average Bonchev–Trinajstić information content (AvgIpc) is 2.83. The monoisotopic (exact) mass is 530 g/mol. The van der Waals surface area contributed by atoms with Crippen LogP contribution in [-0.2, 0) is 17.9 Å². The molecule has 1 aliphatic rings. The normalized spacial score (nSPS) is 13.6. The van der Waals surface area contributed by atoms with Gasteiger partial charge in [0, 0.05) is 35.4 Å². The van der Waals surface area contributed by atoms with Gasteiger partial charge in [-0.3, -0.25) is 0 Å². The summed E-state index contributed by atoms with van der Waals surface area (Å²) >= 11 is 10.3. The van der Waals surface area contributed by atoms with Crippen LogP contribution >= 0.6 is 27.5 Å². The number of benzene rings is 3. The number of hydrogen-bond acceptors (Lipinski definition) is 5. The first kappa shape index (κ1) is 23.7. The van der Waals surface area contributed by atoms with Crippen LogP contribution in [0.2, 0.25) is 5.02 Å². The van der Waals surface area contributed by atoms with E-state index in [0.29, 0.717) is 18.9 Å². The molecular formula is C26H28BrClN2O3. The van der Waals surface area contributed by atoms with Crippen LogP contribution in [0.25, 0.3) is 0 Å². The molecule has 0 atom stereocenters. The number of anilines is 2. The number of methoxy groups -OCH3 is 1. The quantitative estimate of drug-likeness (QED) is 0.362. The lowest BCUT2D eigenvalue weighted by Gasteiger charge is -2.29. The molecule has 0 saturated carbocycles. The SMILES string of the molecule is COc1ccc(Br)c(CNc2ccc(N3CCOCC3)c(Cl)c2)c1OCc1ccc(C)cc1. The fourth-order valence-corrected chi connectivity index (χ4v) is 4.53. The summed E-state index contributed by atoms with van der Waals surface area (Å²) in [6, 6.07) is 18.3. The molecular weight excluding hydrogens is 504 g/mol. The van der Waals surface area contributed by atoms with Crippen molar-refractivity contribution in [3.63, 3.8) is 0 Å². The maximum Gasteiger partial charge on any atom is 0.167 e. The summed E-state index contributed by atoms with van der Waals surface area (Å²) in [7, 11) is 1.66. The van der Waals surface area contributed by atoms with E-state index in [9.17, 15) is 0 Å². The van der Waals surface area contributed by atoms with E-state index in [1.54, 1.807) is 7.11 Å². The highest BCUT2D eigenvalue weighted by molar-refractivity contribution is 9.10. The molecule has 5 nitrogen and oxygen atoms in total. The van der Waals surface area contributed by atoms with Crippen LogP contribution in [-0.4, -0.2) is 33.4 Å². The van der Waals surface area contributed by atoms with Crippen molar-refractivity contribution in [2.24, 2.45) is 0 Å². The Hall–Kier alpha value is -2.41. The Morgan fingerprint density at radius 2 is 1.82 bits per heavy atom. The molecule has 0 aliphatic carbocycles. The summed E-state index contributed by atoms with van der Waals surface area (Å²) < 4.78 is 18.2. The third kappa shape index (κ3) is 5.94. The highest BCUT2D eigenvalue weighted by Gasteiger charge is 2.17. The van der Waals surface area contributed by atoms with Gasteiger partial charge in [-0.25, -0.2) is 0 Å². The fraction of sp³-hybridized carbons (Fsp3) is 0.308. The van der Waals surface area contributed by atoms with Gasteiger partial charge >= 0.3 is 0 Å². The fourth-order valence-electron chi connectivity index (χ4n) is 3.77. The standard InChI is InChI=1S/C26H28BrClN2O3/c1-18-3-5-19(6-4-18)17-33-26-21(22(27)8-10-25(26)31-2)16-29-20-7-9-24(23(28)15-20)30-11-13-32-14-12-30/h3-10,15,29H,11-14,16-17H2,1-2H3. The summed E-state index contributed by atoms with van der Waals surface area (Å²) in [6.45, 7) is 6.24. The zero-order chi connectivity index (χ0) is 23.2. The van der Waals surface area contributed by atoms with Crippen LogP contribution in [0.5, 0.6) is 11.5 Å². The molecule has 3 aromatic carbocycles. The Morgan fingerprint density at radius 3 is 2.52 bits per heavy atom. The van der Waals surface area contributed by atoms with Crippen molar-refractivity contribution >= 4 is 38.9 Å². The van der Waals surface area contributed by atoms with Crippen molar-refractivity contribution in [3.8, 4) is 11.5 Å². The average molecular weight is 532 g/mol. The second-order valence-corrected chi connectivity index (χ2v) is 9.21. The molecule has 1 aliphatic heterocycles. The van der Waals surface area contributed by atoms with Crippen LogP contribution < -0.4 is 19.7 Å². The molecule has 3 aromatic rings. The lowest BCUT2D eigenvalue weighted by atomic mass is 10.1. The molecule has 4 rings (SSSR count). The molecule has 1 N–H and O–H groups in total. The summed E-state index contributed by atoms with van der Waals surface area (Å²) in [5, 5.41) is 4.20. The van der Waals surface area contributed by atoms with Gasteiger partial charge in [0.15, 0.2) is 11.5 Å². The Morgan fingerprint density at radius 1 is 1.06 bits per heavy atom. The zero-order valence-corrected chi connectivity index (χ0v) is 21.2. The number of halogens is 2. The van der Waals surface area contributed by atoms with E-state index in [0.717, 1.165) is 64.0 Å². The predicted octanol–water partition coefficient (Wildman–Crippen LogP) is 6.45. The lowest BCUT2D eigenvalue weighted by molar-refractivity contribution is 0.122. The number of ether oxygens (including phenoxy) is 3. The third-order valence-corrected chi connectivity index (χ3v) is 6.71. The molecule has 33 heavy (non-hydrogen) atoms. The predicted molar refractivity (Wildman–Crippen MR) is 138 cm³/mol. The van der Waals surface area contributed by atoms with E-state index in [2.05, 4.69) is 69.5 Å². The van der Waals surface area contributed by atoms with E-state index in [4.69, 9.17) is 25.8 Å². The molecule has 1 saturated heterocycles. The van der Waals surface area contributed by atoms with Crippen molar-refractivity contribution in [2.75, 3.05) is 43.6 Å². The van der Waals surface area contributed by atoms with Gasteiger partial charge in [-0.1, -0.05) is 57.4 Å². The van der Waals surface area contributed by atoms with E-state index >= 15 is 0 Å². The highest BCUT2D eigenvalue weighted by Crippen LogP contribution is 2.38. The lowest BCUT2D eigenvalue weighted by Crippen LogP contribution is -2.36. The van der Waals surface area contributed by atoms with Crippen LogP contribution in [0.4, 0.5) is 11.4 Å². The Kier molecular flexibility index (Phi) is 8.02. The van der Waals surface area contributed by atoms with Gasteiger partial charge < -0.3 is 24.4 Å². The van der Waals surface area contributed by atoms with Gasteiger partial charge in [-0.05, 0) is 42.8 Å². The van der Waals surface area contributed by atoms with Gasteiger partial charge in [0.1, 0.15) is 6.61 Å². The van der Waals surface area contributed by atoms with Gasteiger partial charge in [0.05, 0.1) is 31.0 Å². The third-order valence-electron chi connectivity index (χ3n) is 5.66. The number of nitrogens with one attached hydrogen (secondary N) is 1. The van der Waals surface area contributed by atoms with E-state index < -0.39 is 0 Å². The summed E-state index contributed by atoms with van der Waals surface area (Å²) in [6.07, 6.45) is 0. The van der Waals surface area contributed by atoms with Crippen LogP contribution in [0, 0.1) is 6.92 Å². The Labute approximate surface area is 208 Å². The molecule has 1 heterocycles. The number of morpholine rings is 1. The molecule has 0 amide bonds. The number of hydrogen-bond donors (Lipinski definition) is 1. The van der Waals surface area contributed by atoms with Gasteiger partial charge in [-0.2, -0.15) is 0 Å². The van der Waals surface area contributed by atoms with Gasteiger partial charge in [0.2, 0.25) is 0 Å². The van der Waals surface area contributed by atoms with Crippen molar-refractivity contribution in [3.05, 3.63) is 80.8 Å². The molecule has 7 heteroatoms. The molecule has 1 fully saturated rings. The van der Waals surface area contributed by atoms with Crippen LogP contribution in [0.3, 0.4) is 0 Å². The molecule has 0 spiro atoms. The van der Waals surface area contributed by atoms with Gasteiger partial charge in [0.25, 0.3) is 0 Å². The Bertz CT molecular complexity index is 1090. The smallest absolute Gasteiger partial charge is 0.167 e. The van der Waals surface area contributed by atoms with Crippen LogP contribution in [0.1, 0.15) is 16.7 Å². The minimum absolute atomic E-state index is 0.458. The number of aryl methyl sites for hydroxylation is 1. The maximum atomic E-state index is 6.61. The Balaban J connectivity index is 1.50. The largest absolute Gasteiger partial charge is 0.493 e. The molecule has 174 valence electrons. The van der Waals surface area contributed by atoms with E-state index in [-0.39, 0.29) is 0 Å². The van der Waals surface area contributed by atoms with Crippen molar-refractivity contribution in [1.82, 2.24) is 0 Å². The van der Waals surface area contributed by atoms with Crippen molar-refractivity contribution in [2.45, 2.75) is 20.1 Å². The van der Waals surface area contributed by atoms with E-state index in [1.165, 1.54) is 5.56 Å². The minimum atomic E-state index is 0.458. The van der Waals surface area contributed by atoms with Gasteiger partial charge in [-0.15, -0.1) is 0 Å². The molecule has 0 unspecified atom stereocenters. The molecule has 0 aromatic heterocycles. The summed E-state index contributed by atoms with van der Waals surface area (Å²) in [4.78, 5) is 2.26. The summed E-state index contributed by atoms with van der Waals surface area (Å²) in [5.41, 5.74) is 5.29. The number of nitrogens with zero attached hydrogens (tertiary/aromatic N) is 1. The summed E-state index contributed by atoms with van der Waals surface area (Å²) in [5.74, 6) is 1.42. The van der Waals surface area contributed by atoms with Crippen LogP contribution in [0.15, 0.2) is 59.1 Å². The minimum Gasteiger partial charge on any atom is -0.493 e.